The number of carbonyl (C=O) groups is 1. The number of imidazole rings is 1. The van der Waals surface area contributed by atoms with Gasteiger partial charge in [-0.2, -0.15) is 0 Å². The number of aromatic nitrogens is 2. The molecule has 90 valence electrons. The lowest BCUT2D eigenvalue weighted by Gasteiger charge is -2.07. The molecule has 1 unspecified atom stereocenters. The number of carbonyl (C=O) groups excluding carboxylic acids is 1. The Morgan fingerprint density at radius 2 is 2.44 bits per heavy atom. The fraction of sp³-hybridized carbons (Fsp3) is 0.636. The van der Waals surface area contributed by atoms with Crippen LogP contribution in [0.1, 0.15) is 23.8 Å². The fourth-order valence-electron chi connectivity index (χ4n) is 1.44. The van der Waals surface area contributed by atoms with Gasteiger partial charge >= 0.3 is 0 Å². The van der Waals surface area contributed by atoms with E-state index in [0.717, 1.165) is 6.42 Å². The van der Waals surface area contributed by atoms with E-state index in [-0.39, 0.29) is 11.7 Å². The van der Waals surface area contributed by atoms with Crippen LogP contribution in [0.15, 0.2) is 12.5 Å². The van der Waals surface area contributed by atoms with E-state index in [9.17, 15) is 4.79 Å². The maximum atomic E-state index is 11.9. The predicted octanol–water partition coefficient (Wildman–Crippen LogP) is 0.697. The zero-order valence-corrected chi connectivity index (χ0v) is 9.85. The average Bonchev–Trinajstić information content (AvgIpc) is 2.74. The lowest BCUT2D eigenvalue weighted by atomic mass is 10.0. The molecular weight excluding hydrogens is 206 g/mol. The second kappa shape index (κ2) is 6.40. The summed E-state index contributed by atoms with van der Waals surface area (Å²) in [6.07, 6.45) is 4.11. The van der Waals surface area contributed by atoms with Crippen LogP contribution in [-0.2, 0) is 11.3 Å². The minimum Gasteiger partial charge on any atom is -0.385 e. The molecule has 1 atom stereocenters. The van der Waals surface area contributed by atoms with Gasteiger partial charge in [0.15, 0.2) is 5.78 Å². The number of rotatable bonds is 7. The van der Waals surface area contributed by atoms with Crippen molar-refractivity contribution in [3.05, 3.63) is 18.2 Å². The Morgan fingerprint density at radius 1 is 1.69 bits per heavy atom. The average molecular weight is 225 g/mol. The predicted molar refractivity (Wildman–Crippen MR) is 61.3 cm³/mol. The molecule has 0 fully saturated rings. The smallest absolute Gasteiger partial charge is 0.185 e. The fourth-order valence-corrected chi connectivity index (χ4v) is 1.44. The maximum absolute atomic E-state index is 11.9. The van der Waals surface area contributed by atoms with Gasteiger partial charge < -0.3 is 15.0 Å². The van der Waals surface area contributed by atoms with E-state index >= 15 is 0 Å². The van der Waals surface area contributed by atoms with Crippen molar-refractivity contribution >= 4 is 5.78 Å². The van der Waals surface area contributed by atoms with Crippen molar-refractivity contribution in [1.82, 2.24) is 9.55 Å². The molecule has 0 amide bonds. The summed E-state index contributed by atoms with van der Waals surface area (Å²) < 4.78 is 6.78. The minimum absolute atomic E-state index is 0.0545. The Morgan fingerprint density at radius 3 is 3.06 bits per heavy atom. The van der Waals surface area contributed by atoms with Crippen molar-refractivity contribution in [3.8, 4) is 0 Å². The van der Waals surface area contributed by atoms with Gasteiger partial charge in [-0.25, -0.2) is 4.98 Å². The topological polar surface area (TPSA) is 70.1 Å². The number of ketones is 1. The van der Waals surface area contributed by atoms with Crippen LogP contribution in [-0.4, -0.2) is 35.6 Å². The monoisotopic (exact) mass is 225 g/mol. The van der Waals surface area contributed by atoms with Crippen LogP contribution in [0.5, 0.6) is 0 Å². The third-order valence-electron chi connectivity index (χ3n) is 2.48. The number of nitrogens with zero attached hydrogens (tertiary/aromatic N) is 2. The van der Waals surface area contributed by atoms with Crippen LogP contribution < -0.4 is 5.73 Å². The highest BCUT2D eigenvalue weighted by molar-refractivity contribution is 5.95. The van der Waals surface area contributed by atoms with Crippen molar-refractivity contribution < 1.29 is 9.53 Å². The Kier molecular flexibility index (Phi) is 5.14. The van der Waals surface area contributed by atoms with Gasteiger partial charge in [0.2, 0.25) is 0 Å². The van der Waals surface area contributed by atoms with Gasteiger partial charge in [0, 0.05) is 38.9 Å². The quantitative estimate of drug-likeness (QED) is 0.693. The van der Waals surface area contributed by atoms with E-state index in [1.165, 1.54) is 0 Å². The number of methoxy groups -OCH3 is 1. The molecule has 0 spiro atoms. The van der Waals surface area contributed by atoms with Crippen molar-refractivity contribution in [2.75, 3.05) is 20.3 Å². The molecule has 0 saturated carbocycles. The lowest BCUT2D eigenvalue weighted by Crippen LogP contribution is -2.14. The minimum atomic E-state index is -0.0545. The van der Waals surface area contributed by atoms with Crippen LogP contribution in [0, 0.1) is 5.92 Å². The molecule has 0 aliphatic heterocycles. The Hall–Kier alpha value is -1.20. The summed E-state index contributed by atoms with van der Waals surface area (Å²) in [5.41, 5.74) is 5.93. The molecule has 2 N–H and O–H groups in total. The molecule has 0 saturated heterocycles. The Bertz CT molecular complexity index is 336. The van der Waals surface area contributed by atoms with E-state index in [1.807, 2.05) is 11.5 Å². The highest BCUT2D eigenvalue weighted by atomic mass is 16.5. The van der Waals surface area contributed by atoms with Gasteiger partial charge in [-0.3, -0.25) is 4.79 Å². The second-order valence-electron chi connectivity index (χ2n) is 3.83. The van der Waals surface area contributed by atoms with Crippen LogP contribution in [0.3, 0.4) is 0 Å². The van der Waals surface area contributed by atoms with Crippen LogP contribution in [0.25, 0.3) is 0 Å². The SMILES string of the molecule is COCCC(C)C(=O)c1cn(CCN)cn1. The molecule has 0 aliphatic carbocycles. The van der Waals surface area contributed by atoms with E-state index < -0.39 is 0 Å². The Balaban J connectivity index is 2.57. The first kappa shape index (κ1) is 12.9. The summed E-state index contributed by atoms with van der Waals surface area (Å²) in [6, 6.07) is 0. The third kappa shape index (κ3) is 3.43. The number of hydrogen-bond donors (Lipinski definition) is 1. The van der Waals surface area contributed by atoms with Gasteiger partial charge in [0.25, 0.3) is 0 Å². The van der Waals surface area contributed by atoms with Crippen molar-refractivity contribution in [3.63, 3.8) is 0 Å². The molecular formula is C11H19N3O2. The normalized spacial score (nSPS) is 12.7. The molecule has 0 aromatic carbocycles. The molecule has 0 bridgehead atoms. The van der Waals surface area contributed by atoms with E-state index in [2.05, 4.69) is 4.98 Å². The molecule has 1 aromatic rings. The van der Waals surface area contributed by atoms with Gasteiger partial charge in [0.05, 0.1) is 6.33 Å². The first-order valence-electron chi connectivity index (χ1n) is 5.44. The molecule has 1 heterocycles. The third-order valence-corrected chi connectivity index (χ3v) is 2.48. The lowest BCUT2D eigenvalue weighted by molar-refractivity contribution is 0.0889. The summed E-state index contributed by atoms with van der Waals surface area (Å²) in [7, 11) is 1.63. The standard InChI is InChI=1S/C11H19N3O2/c1-9(3-6-16-2)11(15)10-7-14(5-4-12)8-13-10/h7-9H,3-6,12H2,1-2H3. The second-order valence-corrected chi connectivity index (χ2v) is 3.83. The molecule has 0 aliphatic rings. The largest absolute Gasteiger partial charge is 0.385 e. The zero-order chi connectivity index (χ0) is 12.0. The molecule has 5 nitrogen and oxygen atoms in total. The van der Waals surface area contributed by atoms with Crippen molar-refractivity contribution in [1.29, 1.82) is 0 Å². The van der Waals surface area contributed by atoms with Crippen LogP contribution in [0.4, 0.5) is 0 Å². The number of Topliss-reactive ketones (excluding diaryl/α,β-unsaturated/α-hetero) is 1. The number of hydrogen-bond acceptors (Lipinski definition) is 4. The first-order chi connectivity index (χ1) is 7.69. The van der Waals surface area contributed by atoms with Crippen LogP contribution in [0.2, 0.25) is 0 Å². The molecule has 5 heteroatoms. The number of ether oxygens (including phenoxy) is 1. The summed E-state index contributed by atoms with van der Waals surface area (Å²) >= 11 is 0. The van der Waals surface area contributed by atoms with Gasteiger partial charge in [-0.1, -0.05) is 6.92 Å². The summed E-state index contributed by atoms with van der Waals surface area (Å²) in [5, 5.41) is 0. The Labute approximate surface area is 95.6 Å². The maximum Gasteiger partial charge on any atom is 0.185 e. The highest BCUT2D eigenvalue weighted by Crippen LogP contribution is 2.10. The zero-order valence-electron chi connectivity index (χ0n) is 9.85. The van der Waals surface area contributed by atoms with E-state index in [0.29, 0.717) is 25.4 Å². The molecule has 16 heavy (non-hydrogen) atoms. The molecule has 1 aromatic heterocycles. The van der Waals surface area contributed by atoms with Gasteiger partial charge in [-0.05, 0) is 6.42 Å². The van der Waals surface area contributed by atoms with Crippen LogP contribution >= 0.6 is 0 Å². The first-order valence-corrected chi connectivity index (χ1v) is 5.44. The number of nitrogens with two attached hydrogens (primary N) is 1. The molecule has 1 rings (SSSR count). The molecule has 0 radical (unpaired) electrons. The summed E-state index contributed by atoms with van der Waals surface area (Å²) in [5.74, 6) is 0.00833. The van der Waals surface area contributed by atoms with Crippen molar-refractivity contribution in [2.24, 2.45) is 11.7 Å². The van der Waals surface area contributed by atoms with Gasteiger partial charge in [-0.15, -0.1) is 0 Å². The summed E-state index contributed by atoms with van der Waals surface area (Å²) in [6.45, 7) is 3.72. The van der Waals surface area contributed by atoms with E-state index in [4.69, 9.17) is 10.5 Å². The summed E-state index contributed by atoms with van der Waals surface area (Å²) in [4.78, 5) is 16.0. The van der Waals surface area contributed by atoms with E-state index in [1.54, 1.807) is 19.6 Å². The highest BCUT2D eigenvalue weighted by Gasteiger charge is 2.17. The van der Waals surface area contributed by atoms with Crippen molar-refractivity contribution in [2.45, 2.75) is 19.9 Å². The van der Waals surface area contributed by atoms with Gasteiger partial charge in [0.1, 0.15) is 5.69 Å².